The summed E-state index contributed by atoms with van der Waals surface area (Å²) >= 11 is 0. The SMILES string of the molecule is CC(C)COc1ccc(C2=C(Nc3ccc(N4CCCC4)cc3)C(=O)N(C(C)C)C2=O)cc1. The van der Waals surface area contributed by atoms with Crippen LogP contribution < -0.4 is 15.0 Å². The zero-order valence-electron chi connectivity index (χ0n) is 19.9. The predicted molar refractivity (Wildman–Crippen MR) is 132 cm³/mol. The molecule has 4 rings (SSSR count). The summed E-state index contributed by atoms with van der Waals surface area (Å²) in [5, 5.41) is 3.24. The van der Waals surface area contributed by atoms with E-state index in [1.165, 1.54) is 23.4 Å². The van der Waals surface area contributed by atoms with Crippen molar-refractivity contribution in [2.45, 2.75) is 46.6 Å². The zero-order chi connectivity index (χ0) is 23.5. The molecule has 6 nitrogen and oxygen atoms in total. The fraction of sp³-hybridized carbons (Fsp3) is 0.407. The van der Waals surface area contributed by atoms with E-state index in [1.54, 1.807) is 0 Å². The Bertz CT molecular complexity index is 1030. The van der Waals surface area contributed by atoms with Gasteiger partial charge in [-0.3, -0.25) is 14.5 Å². The van der Waals surface area contributed by atoms with E-state index < -0.39 is 0 Å². The van der Waals surface area contributed by atoms with Crippen molar-refractivity contribution in [3.63, 3.8) is 0 Å². The van der Waals surface area contributed by atoms with Crippen LogP contribution in [0.4, 0.5) is 11.4 Å². The van der Waals surface area contributed by atoms with Crippen LogP contribution in [0, 0.1) is 5.92 Å². The van der Waals surface area contributed by atoms with Gasteiger partial charge in [0.2, 0.25) is 0 Å². The molecule has 174 valence electrons. The van der Waals surface area contributed by atoms with Crippen molar-refractivity contribution in [3.05, 3.63) is 59.8 Å². The Labute approximate surface area is 196 Å². The number of hydrogen-bond acceptors (Lipinski definition) is 5. The van der Waals surface area contributed by atoms with Crippen LogP contribution in [0.25, 0.3) is 5.57 Å². The molecule has 1 saturated heterocycles. The van der Waals surface area contributed by atoms with Crippen molar-refractivity contribution < 1.29 is 14.3 Å². The quantitative estimate of drug-likeness (QED) is 0.582. The number of nitrogens with one attached hydrogen (secondary N) is 1. The highest BCUT2D eigenvalue weighted by Crippen LogP contribution is 2.33. The number of hydrogen-bond donors (Lipinski definition) is 1. The van der Waals surface area contributed by atoms with Crippen molar-refractivity contribution in [3.8, 4) is 5.75 Å². The average Bonchev–Trinajstić information content (AvgIpc) is 3.40. The van der Waals surface area contributed by atoms with E-state index in [1.807, 2.05) is 50.2 Å². The second-order valence-corrected chi connectivity index (χ2v) is 9.42. The number of carbonyl (C=O) groups is 2. The molecular formula is C27H33N3O3. The number of benzene rings is 2. The third-order valence-corrected chi connectivity index (χ3v) is 5.97. The van der Waals surface area contributed by atoms with E-state index in [-0.39, 0.29) is 17.9 Å². The summed E-state index contributed by atoms with van der Waals surface area (Å²) in [6.07, 6.45) is 2.44. The van der Waals surface area contributed by atoms with Crippen molar-refractivity contribution in [1.82, 2.24) is 4.90 Å². The molecule has 0 saturated carbocycles. The summed E-state index contributed by atoms with van der Waals surface area (Å²) in [7, 11) is 0. The molecule has 2 amide bonds. The molecule has 1 N–H and O–H groups in total. The lowest BCUT2D eigenvalue weighted by Gasteiger charge is -2.20. The Hall–Kier alpha value is -3.28. The molecule has 0 unspecified atom stereocenters. The van der Waals surface area contributed by atoms with Crippen LogP contribution in [0.3, 0.4) is 0 Å². The topological polar surface area (TPSA) is 61.9 Å². The first-order valence-corrected chi connectivity index (χ1v) is 11.8. The summed E-state index contributed by atoms with van der Waals surface area (Å²) in [5.74, 6) is 0.599. The minimum Gasteiger partial charge on any atom is -0.493 e. The van der Waals surface area contributed by atoms with Gasteiger partial charge in [-0.1, -0.05) is 26.0 Å². The number of carbonyl (C=O) groups excluding carboxylic acids is 2. The van der Waals surface area contributed by atoms with Crippen LogP contribution in [0.15, 0.2) is 54.2 Å². The number of ether oxygens (including phenoxy) is 1. The molecule has 2 aliphatic rings. The van der Waals surface area contributed by atoms with Gasteiger partial charge in [-0.25, -0.2) is 0 Å². The summed E-state index contributed by atoms with van der Waals surface area (Å²) in [6, 6.07) is 15.2. The predicted octanol–water partition coefficient (Wildman–Crippen LogP) is 4.92. The van der Waals surface area contributed by atoms with Gasteiger partial charge in [0.05, 0.1) is 12.2 Å². The van der Waals surface area contributed by atoms with Crippen LogP contribution in [-0.2, 0) is 9.59 Å². The van der Waals surface area contributed by atoms with Gasteiger partial charge in [-0.2, -0.15) is 0 Å². The number of nitrogens with zero attached hydrogens (tertiary/aromatic N) is 2. The molecule has 0 aliphatic carbocycles. The fourth-order valence-corrected chi connectivity index (χ4v) is 4.26. The molecule has 0 radical (unpaired) electrons. The first-order chi connectivity index (χ1) is 15.8. The smallest absolute Gasteiger partial charge is 0.278 e. The molecule has 6 heteroatoms. The molecule has 2 aliphatic heterocycles. The summed E-state index contributed by atoms with van der Waals surface area (Å²) in [6.45, 7) is 10.7. The van der Waals surface area contributed by atoms with Gasteiger partial charge in [-0.15, -0.1) is 0 Å². The normalized spacial score (nSPS) is 16.5. The lowest BCUT2D eigenvalue weighted by Crippen LogP contribution is -2.38. The van der Waals surface area contributed by atoms with E-state index >= 15 is 0 Å². The molecule has 1 fully saturated rings. The minimum absolute atomic E-state index is 0.231. The van der Waals surface area contributed by atoms with Crippen LogP contribution in [0.1, 0.15) is 46.1 Å². The molecular weight excluding hydrogens is 414 g/mol. The number of imide groups is 1. The summed E-state index contributed by atoms with van der Waals surface area (Å²) in [5.41, 5.74) is 3.38. The van der Waals surface area contributed by atoms with Crippen LogP contribution in [0.2, 0.25) is 0 Å². The molecule has 0 spiro atoms. The van der Waals surface area contributed by atoms with Gasteiger partial charge >= 0.3 is 0 Å². The van der Waals surface area contributed by atoms with Gasteiger partial charge in [0, 0.05) is 30.5 Å². The van der Waals surface area contributed by atoms with Crippen LogP contribution in [-0.4, -0.2) is 42.5 Å². The van der Waals surface area contributed by atoms with Gasteiger partial charge in [-0.05, 0) is 74.6 Å². The van der Waals surface area contributed by atoms with Gasteiger partial charge in [0.25, 0.3) is 11.8 Å². The Morgan fingerprint density at radius 1 is 0.879 bits per heavy atom. The molecule has 0 aromatic heterocycles. The van der Waals surface area contributed by atoms with E-state index in [9.17, 15) is 9.59 Å². The highest BCUT2D eigenvalue weighted by Gasteiger charge is 2.40. The fourth-order valence-electron chi connectivity index (χ4n) is 4.26. The Morgan fingerprint density at radius 3 is 2.09 bits per heavy atom. The first kappa shape index (κ1) is 22.9. The summed E-state index contributed by atoms with van der Waals surface area (Å²) in [4.78, 5) is 30.2. The van der Waals surface area contributed by atoms with E-state index in [0.717, 1.165) is 24.5 Å². The van der Waals surface area contributed by atoms with Crippen LogP contribution >= 0.6 is 0 Å². The van der Waals surface area contributed by atoms with Crippen molar-refractivity contribution in [2.75, 3.05) is 29.9 Å². The number of rotatable bonds is 8. The molecule has 2 aromatic rings. The standard InChI is InChI=1S/C27H33N3O3/c1-18(2)17-33-23-13-7-20(8-14-23)24-25(27(32)30(19(3)4)26(24)31)28-21-9-11-22(12-10-21)29-15-5-6-16-29/h7-14,18-19,28H,5-6,15-17H2,1-4H3. The first-order valence-electron chi connectivity index (χ1n) is 11.8. The lowest BCUT2D eigenvalue weighted by atomic mass is 10.0. The maximum atomic E-state index is 13.3. The second-order valence-electron chi connectivity index (χ2n) is 9.42. The summed E-state index contributed by atoms with van der Waals surface area (Å²) < 4.78 is 5.77. The maximum absolute atomic E-state index is 13.3. The molecule has 33 heavy (non-hydrogen) atoms. The van der Waals surface area contributed by atoms with Gasteiger partial charge in [0.15, 0.2) is 0 Å². The number of amides is 2. The van der Waals surface area contributed by atoms with E-state index in [2.05, 4.69) is 36.2 Å². The maximum Gasteiger partial charge on any atom is 0.278 e. The van der Waals surface area contributed by atoms with Crippen molar-refractivity contribution in [1.29, 1.82) is 0 Å². The molecule has 2 aromatic carbocycles. The highest BCUT2D eigenvalue weighted by atomic mass is 16.5. The largest absolute Gasteiger partial charge is 0.493 e. The van der Waals surface area contributed by atoms with Gasteiger partial charge < -0.3 is 15.0 Å². The van der Waals surface area contributed by atoms with E-state index in [4.69, 9.17) is 4.74 Å². The Kier molecular flexibility index (Phi) is 6.72. The third-order valence-electron chi connectivity index (χ3n) is 5.97. The number of anilines is 2. The highest BCUT2D eigenvalue weighted by molar-refractivity contribution is 6.36. The zero-order valence-corrected chi connectivity index (χ0v) is 19.9. The van der Waals surface area contributed by atoms with Gasteiger partial charge in [0.1, 0.15) is 11.4 Å². The molecule has 0 bridgehead atoms. The lowest BCUT2D eigenvalue weighted by molar-refractivity contribution is -0.138. The second kappa shape index (κ2) is 9.69. The third kappa shape index (κ3) is 4.90. The molecule has 0 atom stereocenters. The molecule has 2 heterocycles. The van der Waals surface area contributed by atoms with Crippen molar-refractivity contribution >= 4 is 28.8 Å². The minimum atomic E-state index is -0.297. The monoisotopic (exact) mass is 447 g/mol. The average molecular weight is 448 g/mol. The van der Waals surface area contributed by atoms with Crippen LogP contribution in [0.5, 0.6) is 5.75 Å². The Morgan fingerprint density at radius 2 is 1.52 bits per heavy atom. The van der Waals surface area contributed by atoms with Crippen molar-refractivity contribution in [2.24, 2.45) is 5.92 Å². The van der Waals surface area contributed by atoms with E-state index in [0.29, 0.717) is 29.4 Å². The Balaban J connectivity index is 1.62.